The number of carbonyl (C=O) groups is 7. The standard InChI is InChI=1S/C52H61N7O16/c1-9-15-74-50(66)55-43(27(2)3)45(61)53-30(6)44(60)54-32-13-11-31(12-14-32)26-75-52(69)59-36-23-42(40(71-8)21-34(36)47(63)57-25-29(5)19-38(57)49(59)65)73-17-10-16-72-41-22-35-33(20-39(41)70-7)46(62)56-24-28(4)18-37(56)48(64)58(35)51(67)68/h9,11-14,20-23,27,30,37-38,43,48-49,64-65H,1,4-5,10,15-19,24-26H2,2-3,6-8H3,(H,53,61)(H,54,60)(H,55,66)(H,67,68)/t30-,37-,38-,43-,48-,49-/m0/s1. The quantitative estimate of drug-likeness (QED) is 0.0740. The first-order chi connectivity index (χ1) is 35.8. The van der Waals surface area contributed by atoms with E-state index >= 15 is 0 Å². The number of rotatable bonds is 18. The Labute approximate surface area is 432 Å². The van der Waals surface area contributed by atoms with Gasteiger partial charge in [-0.05, 0) is 55.5 Å². The Morgan fingerprint density at radius 2 is 1.25 bits per heavy atom. The van der Waals surface area contributed by atoms with Crippen LogP contribution in [-0.2, 0) is 25.7 Å². The fourth-order valence-corrected chi connectivity index (χ4v) is 9.16. The fraction of sp³-hybridized carbons (Fsp3) is 0.404. The number of amides is 7. The molecule has 6 atom stereocenters. The number of benzene rings is 3. The number of nitrogens with one attached hydrogen (secondary N) is 3. The van der Waals surface area contributed by atoms with E-state index in [0.29, 0.717) is 22.4 Å². The third kappa shape index (κ3) is 11.7. The topological polar surface area (TPSA) is 285 Å². The van der Waals surface area contributed by atoms with E-state index in [2.05, 4.69) is 35.7 Å². The van der Waals surface area contributed by atoms with E-state index in [0.717, 1.165) is 9.80 Å². The van der Waals surface area contributed by atoms with Crippen LogP contribution < -0.4 is 44.7 Å². The summed E-state index contributed by atoms with van der Waals surface area (Å²) in [6.07, 6.45) is -4.44. The second kappa shape index (κ2) is 23.3. The van der Waals surface area contributed by atoms with Gasteiger partial charge in [0, 0.05) is 37.3 Å². The number of alkyl carbamates (subject to hydrolysis) is 1. The van der Waals surface area contributed by atoms with Crippen molar-refractivity contribution in [2.45, 2.75) is 83.3 Å². The molecule has 7 amide bonds. The van der Waals surface area contributed by atoms with Crippen LogP contribution in [0.3, 0.4) is 0 Å². The molecule has 0 bridgehead atoms. The molecular formula is C52H61N7O16. The van der Waals surface area contributed by atoms with Crippen LogP contribution in [0.25, 0.3) is 0 Å². The van der Waals surface area contributed by atoms with Crippen LogP contribution in [0, 0.1) is 5.92 Å². The molecule has 6 N–H and O–H groups in total. The summed E-state index contributed by atoms with van der Waals surface area (Å²) >= 11 is 0. The molecule has 23 heteroatoms. The molecule has 0 radical (unpaired) electrons. The number of fused-ring (bicyclic) bond motifs is 4. The van der Waals surface area contributed by atoms with Gasteiger partial charge in [-0.15, -0.1) is 0 Å². The summed E-state index contributed by atoms with van der Waals surface area (Å²) in [7, 11) is 2.74. The van der Waals surface area contributed by atoms with Crippen LogP contribution in [0.5, 0.6) is 23.0 Å². The third-order valence-corrected chi connectivity index (χ3v) is 13.0. The Morgan fingerprint density at radius 3 is 1.75 bits per heavy atom. The van der Waals surface area contributed by atoms with Gasteiger partial charge in [-0.3, -0.25) is 19.2 Å². The van der Waals surface area contributed by atoms with Crippen molar-refractivity contribution in [1.82, 2.24) is 20.4 Å². The maximum Gasteiger partial charge on any atom is 0.416 e. The molecule has 7 rings (SSSR count). The molecule has 0 aromatic heterocycles. The molecule has 0 unspecified atom stereocenters. The van der Waals surface area contributed by atoms with E-state index in [1.807, 2.05) is 0 Å². The van der Waals surface area contributed by atoms with Crippen molar-refractivity contribution in [3.63, 3.8) is 0 Å². The van der Waals surface area contributed by atoms with Gasteiger partial charge in [-0.1, -0.05) is 62.9 Å². The fourth-order valence-electron chi connectivity index (χ4n) is 9.16. The summed E-state index contributed by atoms with van der Waals surface area (Å²) in [6, 6.07) is 8.12. The Balaban J connectivity index is 1.02. The monoisotopic (exact) mass is 1040 g/mol. The molecule has 2 fully saturated rings. The van der Waals surface area contributed by atoms with Gasteiger partial charge in [-0.2, -0.15) is 0 Å². The number of hydrogen-bond donors (Lipinski definition) is 6. The normalized spacial score (nSPS) is 19.6. The molecule has 0 aliphatic carbocycles. The van der Waals surface area contributed by atoms with Crippen LogP contribution >= 0.6 is 0 Å². The van der Waals surface area contributed by atoms with Gasteiger partial charge in [-0.25, -0.2) is 24.2 Å². The predicted molar refractivity (Wildman–Crippen MR) is 270 cm³/mol. The summed E-state index contributed by atoms with van der Waals surface area (Å²) < 4.78 is 34.0. The minimum Gasteiger partial charge on any atom is -0.493 e. The van der Waals surface area contributed by atoms with Gasteiger partial charge >= 0.3 is 18.3 Å². The number of anilines is 3. The third-order valence-electron chi connectivity index (χ3n) is 13.0. The van der Waals surface area contributed by atoms with Crippen molar-refractivity contribution in [2.75, 3.05) is 62.2 Å². The van der Waals surface area contributed by atoms with E-state index in [1.165, 1.54) is 61.3 Å². The Bertz CT molecular complexity index is 2770. The van der Waals surface area contributed by atoms with E-state index in [9.17, 15) is 48.9 Å². The summed E-state index contributed by atoms with van der Waals surface area (Å²) in [6.45, 7) is 16.3. The maximum absolute atomic E-state index is 14.2. The highest BCUT2D eigenvalue weighted by Gasteiger charge is 2.48. The molecule has 4 aliphatic rings. The Kier molecular flexibility index (Phi) is 16.9. The maximum atomic E-state index is 14.2. The average molecular weight is 1040 g/mol. The predicted octanol–water partition coefficient (Wildman–Crippen LogP) is 4.76. The molecule has 4 aliphatic heterocycles. The molecule has 75 heavy (non-hydrogen) atoms. The van der Waals surface area contributed by atoms with Gasteiger partial charge in [0.1, 0.15) is 25.3 Å². The van der Waals surface area contributed by atoms with Gasteiger partial charge in [0.15, 0.2) is 35.5 Å². The van der Waals surface area contributed by atoms with Crippen molar-refractivity contribution < 1.29 is 77.3 Å². The summed E-state index contributed by atoms with van der Waals surface area (Å²) in [4.78, 5) is 97.2. The zero-order chi connectivity index (χ0) is 54.4. The summed E-state index contributed by atoms with van der Waals surface area (Å²) in [5.74, 6) is -2.00. The highest BCUT2D eigenvalue weighted by atomic mass is 16.6. The van der Waals surface area contributed by atoms with Gasteiger partial charge in [0.05, 0.1) is 62.0 Å². The smallest absolute Gasteiger partial charge is 0.416 e. The van der Waals surface area contributed by atoms with Crippen LogP contribution in [0.2, 0.25) is 0 Å². The van der Waals surface area contributed by atoms with Crippen LogP contribution in [-0.4, -0.2) is 151 Å². The largest absolute Gasteiger partial charge is 0.493 e. The molecule has 0 saturated carbocycles. The van der Waals surface area contributed by atoms with Crippen LogP contribution in [0.15, 0.2) is 85.5 Å². The average Bonchev–Trinajstić information content (AvgIpc) is 3.94. The lowest BCUT2D eigenvalue weighted by atomic mass is 10.0. The lowest BCUT2D eigenvalue weighted by Gasteiger charge is -2.31. The lowest BCUT2D eigenvalue weighted by molar-refractivity contribution is -0.128. The number of nitrogens with zero attached hydrogens (tertiary/aromatic N) is 4. The molecule has 3 aromatic rings. The number of aliphatic hydroxyl groups is 2. The lowest BCUT2D eigenvalue weighted by Crippen LogP contribution is -2.53. The van der Waals surface area contributed by atoms with Crippen molar-refractivity contribution in [2.24, 2.45) is 5.92 Å². The number of ether oxygens (including phenoxy) is 6. The number of hydrogen-bond acceptors (Lipinski definition) is 15. The molecule has 2 saturated heterocycles. The zero-order valence-corrected chi connectivity index (χ0v) is 42.2. The molecule has 4 heterocycles. The second-order valence-corrected chi connectivity index (χ2v) is 18.6. The number of carbonyl (C=O) groups excluding carboxylic acids is 6. The number of carboxylic acid groups (broad SMARTS) is 1. The summed E-state index contributed by atoms with van der Waals surface area (Å²) in [5, 5.41) is 41.1. The van der Waals surface area contributed by atoms with Crippen LogP contribution in [0.4, 0.5) is 31.4 Å². The zero-order valence-electron chi connectivity index (χ0n) is 42.2. The minimum absolute atomic E-state index is 0.00512. The molecule has 3 aromatic carbocycles. The SMILES string of the molecule is C=CCOC(=O)N[C@H](C(=O)N[C@@H](C)C(=O)Nc1ccc(COC(=O)N2c3cc(OCCCOc4cc5c(cc4OC)C(=O)N4CC(=C)C[C@H]4[C@H](O)N5C(=O)O)c(OC)cc3C(=O)N3CC(=C)C[C@H]3[C@@H]2O)cc1)C(C)C. The van der Waals surface area contributed by atoms with E-state index < -0.39 is 78.5 Å². The molecule has 0 spiro atoms. The van der Waals surface area contributed by atoms with Crippen molar-refractivity contribution in [1.29, 1.82) is 0 Å². The first-order valence-electron chi connectivity index (χ1n) is 24.0. The minimum atomic E-state index is -1.59. The number of methoxy groups -OCH3 is 2. The van der Waals surface area contributed by atoms with Gasteiger partial charge in [0.25, 0.3) is 11.8 Å². The van der Waals surface area contributed by atoms with Crippen molar-refractivity contribution in [3.8, 4) is 23.0 Å². The first kappa shape index (κ1) is 54.5. The number of aliphatic hydroxyl groups excluding tert-OH is 2. The van der Waals surface area contributed by atoms with E-state index in [-0.39, 0.29) is 110 Å². The van der Waals surface area contributed by atoms with Crippen molar-refractivity contribution >= 4 is 59.0 Å². The van der Waals surface area contributed by atoms with E-state index in [4.69, 9.17) is 28.4 Å². The van der Waals surface area contributed by atoms with E-state index in [1.54, 1.807) is 38.1 Å². The molecular weight excluding hydrogens is 979 g/mol. The second-order valence-electron chi connectivity index (χ2n) is 18.6. The molecule has 400 valence electrons. The Morgan fingerprint density at radius 1 is 0.733 bits per heavy atom. The van der Waals surface area contributed by atoms with Gasteiger partial charge < -0.3 is 69.5 Å². The summed E-state index contributed by atoms with van der Waals surface area (Å²) in [5.41, 5.74) is 2.10. The van der Waals surface area contributed by atoms with Crippen LogP contribution in [0.1, 0.15) is 66.3 Å². The highest BCUT2D eigenvalue weighted by Crippen LogP contribution is 2.44. The van der Waals surface area contributed by atoms with Crippen molar-refractivity contribution in [3.05, 3.63) is 102 Å². The Hall–Kier alpha value is -8.31. The first-order valence-corrected chi connectivity index (χ1v) is 24.0. The van der Waals surface area contributed by atoms with Gasteiger partial charge in [0.2, 0.25) is 11.8 Å². The molecule has 23 nitrogen and oxygen atoms in total. The highest BCUT2D eigenvalue weighted by molar-refractivity contribution is 6.07.